The maximum atomic E-state index is 5.11. The van der Waals surface area contributed by atoms with E-state index < -0.39 is 0 Å². The summed E-state index contributed by atoms with van der Waals surface area (Å²) in [6.45, 7) is 6.38. The number of nitrogens with zero attached hydrogens (tertiary/aromatic N) is 2. The first-order valence-electron chi connectivity index (χ1n) is 5.96. The summed E-state index contributed by atoms with van der Waals surface area (Å²) in [7, 11) is 3.42. The molecule has 17 heavy (non-hydrogen) atoms. The van der Waals surface area contributed by atoms with Crippen molar-refractivity contribution in [3.05, 3.63) is 11.9 Å². The lowest BCUT2D eigenvalue weighted by atomic mass is 10.2. The molecule has 1 atom stereocenters. The average Bonchev–Trinajstić information content (AvgIpc) is 2.68. The number of anilines is 1. The molecule has 0 aliphatic carbocycles. The molecule has 0 aliphatic rings. The normalized spacial score (nSPS) is 12.7. The molecule has 5 nitrogen and oxygen atoms in total. The fraction of sp³-hybridized carbons (Fsp3) is 0.750. The largest absolute Gasteiger partial charge is 0.385 e. The molecule has 0 saturated heterocycles. The van der Waals surface area contributed by atoms with E-state index in [0.29, 0.717) is 12.6 Å². The van der Waals surface area contributed by atoms with E-state index >= 15 is 0 Å². The summed E-state index contributed by atoms with van der Waals surface area (Å²) in [5.41, 5.74) is 1.02. The monoisotopic (exact) mass is 241 g/mol. The fourth-order valence-electron chi connectivity index (χ4n) is 1.68. The van der Waals surface area contributed by atoms with Crippen LogP contribution in [-0.4, -0.2) is 43.5 Å². The minimum atomic E-state index is 0.376. The molecule has 1 rings (SSSR count). The topological polar surface area (TPSA) is 48.3 Å². The van der Waals surface area contributed by atoms with Crippen molar-refractivity contribution in [3.63, 3.8) is 0 Å². The summed E-state index contributed by atoms with van der Waals surface area (Å²) in [6, 6.07) is 0.376. The SMILES string of the molecule is COCCNc1nc(C)cn1C(C)CCOC. The molecular weight excluding hydrogens is 218 g/mol. The number of hydrogen-bond donors (Lipinski definition) is 1. The summed E-state index contributed by atoms with van der Waals surface area (Å²) in [6.07, 6.45) is 3.04. The Balaban J connectivity index is 2.62. The zero-order chi connectivity index (χ0) is 12.7. The van der Waals surface area contributed by atoms with Crippen LogP contribution in [0.3, 0.4) is 0 Å². The highest BCUT2D eigenvalue weighted by Crippen LogP contribution is 2.18. The predicted molar refractivity (Wildman–Crippen MR) is 68.5 cm³/mol. The van der Waals surface area contributed by atoms with Gasteiger partial charge in [-0.25, -0.2) is 4.98 Å². The lowest BCUT2D eigenvalue weighted by molar-refractivity contribution is 0.181. The van der Waals surface area contributed by atoms with Gasteiger partial charge in [0.1, 0.15) is 0 Å². The zero-order valence-corrected chi connectivity index (χ0v) is 11.2. The number of methoxy groups -OCH3 is 2. The van der Waals surface area contributed by atoms with Crippen LogP contribution in [0.15, 0.2) is 6.20 Å². The lowest BCUT2D eigenvalue weighted by Gasteiger charge is -2.16. The second-order valence-electron chi connectivity index (χ2n) is 4.16. The molecule has 0 fully saturated rings. The molecule has 1 aromatic rings. The maximum Gasteiger partial charge on any atom is 0.203 e. The molecular formula is C12H23N3O2. The van der Waals surface area contributed by atoms with Gasteiger partial charge < -0.3 is 19.4 Å². The van der Waals surface area contributed by atoms with Crippen molar-refractivity contribution in [2.75, 3.05) is 39.3 Å². The Morgan fingerprint density at radius 3 is 2.71 bits per heavy atom. The third-order valence-electron chi connectivity index (χ3n) is 2.66. The third-order valence-corrected chi connectivity index (χ3v) is 2.66. The Morgan fingerprint density at radius 2 is 2.06 bits per heavy atom. The van der Waals surface area contributed by atoms with Crippen molar-refractivity contribution in [2.45, 2.75) is 26.3 Å². The number of hydrogen-bond acceptors (Lipinski definition) is 4. The van der Waals surface area contributed by atoms with Crippen molar-refractivity contribution in [3.8, 4) is 0 Å². The van der Waals surface area contributed by atoms with E-state index in [-0.39, 0.29) is 0 Å². The second-order valence-corrected chi connectivity index (χ2v) is 4.16. The van der Waals surface area contributed by atoms with Gasteiger partial charge in [0, 0.05) is 39.6 Å². The third kappa shape index (κ3) is 4.36. The van der Waals surface area contributed by atoms with Crippen LogP contribution in [0.5, 0.6) is 0 Å². The first kappa shape index (κ1) is 14.0. The van der Waals surface area contributed by atoms with Crippen molar-refractivity contribution in [2.24, 2.45) is 0 Å². The fourth-order valence-corrected chi connectivity index (χ4v) is 1.68. The predicted octanol–water partition coefficient (Wildman–Crippen LogP) is 1.85. The van der Waals surface area contributed by atoms with Gasteiger partial charge in [0.2, 0.25) is 5.95 Å². The summed E-state index contributed by atoms with van der Waals surface area (Å²) < 4.78 is 12.3. The zero-order valence-electron chi connectivity index (χ0n) is 11.2. The number of nitrogens with one attached hydrogen (secondary N) is 1. The second kappa shape index (κ2) is 7.29. The Morgan fingerprint density at radius 1 is 1.35 bits per heavy atom. The summed E-state index contributed by atoms with van der Waals surface area (Å²) in [4.78, 5) is 4.47. The highest BCUT2D eigenvalue weighted by atomic mass is 16.5. The smallest absolute Gasteiger partial charge is 0.203 e. The van der Waals surface area contributed by atoms with E-state index in [1.165, 1.54) is 0 Å². The quantitative estimate of drug-likeness (QED) is 0.706. The Hall–Kier alpha value is -1.07. The molecule has 1 N–H and O–H groups in total. The Kier molecular flexibility index (Phi) is 6.00. The van der Waals surface area contributed by atoms with Crippen LogP contribution in [0.2, 0.25) is 0 Å². The van der Waals surface area contributed by atoms with Crippen molar-refractivity contribution >= 4 is 5.95 Å². The van der Waals surface area contributed by atoms with Crippen LogP contribution in [-0.2, 0) is 9.47 Å². The molecule has 0 spiro atoms. The highest BCUT2D eigenvalue weighted by molar-refractivity contribution is 5.29. The van der Waals surface area contributed by atoms with Gasteiger partial charge in [0.15, 0.2) is 0 Å². The van der Waals surface area contributed by atoms with E-state index in [1.54, 1.807) is 14.2 Å². The summed E-state index contributed by atoms with van der Waals surface area (Å²) in [5.74, 6) is 0.906. The van der Waals surface area contributed by atoms with Crippen LogP contribution in [0.25, 0.3) is 0 Å². The van der Waals surface area contributed by atoms with Gasteiger partial charge in [0.05, 0.1) is 12.3 Å². The van der Waals surface area contributed by atoms with E-state index in [1.807, 2.05) is 6.92 Å². The number of rotatable bonds is 8. The van der Waals surface area contributed by atoms with E-state index in [4.69, 9.17) is 9.47 Å². The molecule has 0 aromatic carbocycles. The minimum absolute atomic E-state index is 0.376. The summed E-state index contributed by atoms with van der Waals surface area (Å²) >= 11 is 0. The minimum Gasteiger partial charge on any atom is -0.385 e. The van der Waals surface area contributed by atoms with E-state index in [9.17, 15) is 0 Å². The summed E-state index contributed by atoms with van der Waals surface area (Å²) in [5, 5.41) is 3.28. The molecule has 0 radical (unpaired) electrons. The molecule has 1 unspecified atom stereocenters. The van der Waals surface area contributed by atoms with Gasteiger partial charge in [-0.05, 0) is 20.3 Å². The van der Waals surface area contributed by atoms with Crippen LogP contribution >= 0.6 is 0 Å². The average molecular weight is 241 g/mol. The van der Waals surface area contributed by atoms with Crippen LogP contribution in [0.4, 0.5) is 5.95 Å². The molecule has 0 amide bonds. The molecule has 1 aromatic heterocycles. The van der Waals surface area contributed by atoms with E-state index in [0.717, 1.165) is 31.2 Å². The lowest BCUT2D eigenvalue weighted by Crippen LogP contribution is -2.15. The maximum absolute atomic E-state index is 5.11. The first-order valence-corrected chi connectivity index (χ1v) is 5.96. The molecule has 1 heterocycles. The van der Waals surface area contributed by atoms with Crippen molar-refractivity contribution in [1.82, 2.24) is 9.55 Å². The van der Waals surface area contributed by atoms with Crippen LogP contribution in [0, 0.1) is 6.92 Å². The van der Waals surface area contributed by atoms with Gasteiger partial charge >= 0.3 is 0 Å². The van der Waals surface area contributed by atoms with E-state index in [2.05, 4.69) is 28.0 Å². The van der Waals surface area contributed by atoms with Gasteiger partial charge in [-0.2, -0.15) is 0 Å². The van der Waals surface area contributed by atoms with Crippen molar-refractivity contribution in [1.29, 1.82) is 0 Å². The number of ether oxygens (including phenoxy) is 2. The highest BCUT2D eigenvalue weighted by Gasteiger charge is 2.11. The molecule has 0 saturated carbocycles. The Bertz CT molecular complexity index is 326. The standard InChI is InChI=1S/C12H23N3O2/c1-10-9-15(11(2)5-7-16-3)12(14-10)13-6-8-17-4/h9,11H,5-8H2,1-4H3,(H,13,14). The molecule has 98 valence electrons. The number of aryl methyl sites for hydroxylation is 1. The molecule has 0 aliphatic heterocycles. The molecule has 5 heteroatoms. The van der Waals surface area contributed by atoms with Crippen molar-refractivity contribution < 1.29 is 9.47 Å². The Labute approximate surface area is 103 Å². The van der Waals surface area contributed by atoms with Crippen LogP contribution < -0.4 is 5.32 Å². The van der Waals surface area contributed by atoms with Crippen LogP contribution in [0.1, 0.15) is 25.1 Å². The van der Waals surface area contributed by atoms with Gasteiger partial charge in [0.25, 0.3) is 0 Å². The van der Waals surface area contributed by atoms with Gasteiger partial charge in [-0.1, -0.05) is 0 Å². The number of aromatic nitrogens is 2. The van der Waals surface area contributed by atoms with Gasteiger partial charge in [-0.15, -0.1) is 0 Å². The number of imidazole rings is 1. The first-order chi connectivity index (χ1) is 8.19. The van der Waals surface area contributed by atoms with Gasteiger partial charge in [-0.3, -0.25) is 0 Å². The molecule has 0 bridgehead atoms.